The van der Waals surface area contributed by atoms with Gasteiger partial charge in [0.2, 0.25) is 0 Å². The number of para-hydroxylation sites is 1. The van der Waals surface area contributed by atoms with E-state index in [1.54, 1.807) is 6.07 Å². The molecule has 3 heterocycles. The number of nitroso groups, excluding NO2 is 1. The predicted molar refractivity (Wildman–Crippen MR) is 121 cm³/mol. The van der Waals surface area contributed by atoms with E-state index in [-0.39, 0.29) is 17.6 Å². The molecule has 32 heavy (non-hydrogen) atoms. The van der Waals surface area contributed by atoms with Crippen molar-refractivity contribution in [3.63, 3.8) is 0 Å². The molecule has 1 amide bonds. The van der Waals surface area contributed by atoms with Crippen molar-refractivity contribution in [2.75, 3.05) is 13.2 Å². The molecule has 0 saturated carbocycles. The number of hydrogen-bond donors (Lipinski definition) is 0. The molecule has 7 heteroatoms. The number of furan rings is 1. The number of pyridine rings is 1. The molecule has 0 bridgehead atoms. The van der Waals surface area contributed by atoms with E-state index >= 15 is 0 Å². The average Bonchev–Trinajstić information content (AvgIpc) is 3.10. The lowest BCUT2D eigenvalue weighted by Crippen LogP contribution is -2.39. The smallest absolute Gasteiger partial charge is 0.317 e. The number of hydrogen-bond acceptors (Lipinski definition) is 6. The molecule has 1 aliphatic rings. The Bertz CT molecular complexity index is 1370. The second-order valence-electron chi connectivity index (χ2n) is 8.23. The van der Waals surface area contributed by atoms with Gasteiger partial charge in [0.15, 0.2) is 5.76 Å². The van der Waals surface area contributed by atoms with Crippen LogP contribution < -0.4 is 4.74 Å². The van der Waals surface area contributed by atoms with Crippen molar-refractivity contribution in [1.29, 1.82) is 0 Å². The van der Waals surface area contributed by atoms with Crippen LogP contribution in [0.5, 0.6) is 5.75 Å². The molecule has 0 aliphatic carbocycles. The number of amides is 1. The third-order valence-corrected chi connectivity index (χ3v) is 6.15. The number of benzene rings is 2. The van der Waals surface area contributed by atoms with Gasteiger partial charge in [-0.25, -0.2) is 4.98 Å². The average molecular weight is 430 g/mol. The van der Waals surface area contributed by atoms with Gasteiger partial charge in [0.25, 0.3) is 0 Å². The summed E-state index contributed by atoms with van der Waals surface area (Å²) < 4.78 is 17.5. The molecule has 7 nitrogen and oxygen atoms in total. The summed E-state index contributed by atoms with van der Waals surface area (Å²) in [7, 11) is 0. The summed E-state index contributed by atoms with van der Waals surface area (Å²) in [5, 5.41) is 4.15. The van der Waals surface area contributed by atoms with E-state index in [9.17, 15) is 9.70 Å². The molecule has 0 unspecified atom stereocenters. The number of aromatic nitrogens is 1. The van der Waals surface area contributed by atoms with Crippen molar-refractivity contribution in [3.8, 4) is 17.2 Å². The lowest BCUT2D eigenvalue weighted by atomic mass is 10.00. The molecule has 0 N–H and O–H groups in total. The van der Waals surface area contributed by atoms with Crippen LogP contribution in [0.25, 0.3) is 33.3 Å². The van der Waals surface area contributed by atoms with Crippen molar-refractivity contribution < 1.29 is 18.7 Å². The van der Waals surface area contributed by atoms with Crippen molar-refractivity contribution in [1.82, 2.24) is 4.98 Å². The summed E-state index contributed by atoms with van der Waals surface area (Å²) in [4.78, 5) is 28.7. The summed E-state index contributed by atoms with van der Waals surface area (Å²) in [6.45, 7) is 7.10. The minimum atomic E-state index is -0.873. The van der Waals surface area contributed by atoms with Gasteiger partial charge in [0, 0.05) is 22.0 Å². The Morgan fingerprint density at radius 1 is 1.19 bits per heavy atom. The van der Waals surface area contributed by atoms with E-state index in [1.165, 1.54) is 0 Å². The maximum Gasteiger partial charge on any atom is 0.317 e. The van der Waals surface area contributed by atoms with Gasteiger partial charge in [0.05, 0.1) is 29.7 Å². The maximum atomic E-state index is 12.6. The Labute approximate surface area is 184 Å². The van der Waals surface area contributed by atoms with E-state index in [0.717, 1.165) is 22.1 Å². The van der Waals surface area contributed by atoms with Gasteiger partial charge >= 0.3 is 5.91 Å². The van der Waals surface area contributed by atoms with E-state index in [2.05, 4.69) is 5.18 Å². The first-order valence-electron chi connectivity index (χ1n) is 10.5. The molecule has 2 aromatic heterocycles. The summed E-state index contributed by atoms with van der Waals surface area (Å²) >= 11 is 0. The second-order valence-corrected chi connectivity index (χ2v) is 8.23. The fourth-order valence-electron chi connectivity index (χ4n) is 4.12. The van der Waals surface area contributed by atoms with E-state index in [4.69, 9.17) is 18.9 Å². The number of rotatable bonds is 5. The fraction of sp³-hybridized carbons (Fsp3) is 0.280. The van der Waals surface area contributed by atoms with Crippen LogP contribution in [-0.2, 0) is 4.74 Å². The topological polar surface area (TPSA) is 91.0 Å². The third kappa shape index (κ3) is 3.26. The van der Waals surface area contributed by atoms with Gasteiger partial charge in [-0.2, -0.15) is 0 Å². The number of ether oxygens (including phenoxy) is 2. The third-order valence-electron chi connectivity index (χ3n) is 6.15. The molecule has 1 saturated heterocycles. The number of carbonyl (C=O) groups excluding carboxylic acids is 1. The lowest BCUT2D eigenvalue weighted by Gasteiger charge is -2.32. The summed E-state index contributed by atoms with van der Waals surface area (Å²) in [5.41, 5.74) is 3.68. The quantitative estimate of drug-likeness (QED) is 0.384. The van der Waals surface area contributed by atoms with Gasteiger partial charge in [-0.05, 0) is 44.5 Å². The Morgan fingerprint density at radius 2 is 1.97 bits per heavy atom. The molecule has 2 aromatic carbocycles. The van der Waals surface area contributed by atoms with Gasteiger partial charge < -0.3 is 13.9 Å². The van der Waals surface area contributed by atoms with Gasteiger partial charge in [-0.15, -0.1) is 4.91 Å². The maximum absolute atomic E-state index is 12.6. The Hall–Kier alpha value is -3.58. The minimum absolute atomic E-state index is 0.112. The molecule has 1 aliphatic heterocycles. The highest BCUT2D eigenvalue weighted by molar-refractivity contribution is 6.10. The van der Waals surface area contributed by atoms with Crippen LogP contribution in [-0.4, -0.2) is 30.2 Å². The van der Waals surface area contributed by atoms with Crippen molar-refractivity contribution in [3.05, 3.63) is 64.1 Å². The normalized spacial score (nSPS) is 15.0. The molecular formula is C25H22N2O5. The summed E-state index contributed by atoms with van der Waals surface area (Å²) in [6, 6.07) is 13.0. The standard InChI is InChI=1S/C25H22N2O5/c1-13-8-9-21(31-15(3)16-11-30-12-16)22-18(25(28)27-29)10-19(26-23(13)22)24-14(2)17-6-4-5-7-20(17)32-24/h4-10,15-16H,11-12H2,1-3H3/t15-/m1/s1. The van der Waals surface area contributed by atoms with Crippen LogP contribution in [0.2, 0.25) is 0 Å². The van der Waals surface area contributed by atoms with Crippen molar-refractivity contribution in [2.24, 2.45) is 11.1 Å². The SMILES string of the molecule is Cc1c(-c2cc(C(=O)N=O)c3c(O[C@H](C)C4COC4)ccc(C)c3n2)oc2ccccc12. The highest BCUT2D eigenvalue weighted by Gasteiger charge is 2.28. The van der Waals surface area contributed by atoms with Crippen molar-refractivity contribution >= 4 is 27.8 Å². The monoisotopic (exact) mass is 430 g/mol. The number of aryl methyl sites for hydroxylation is 2. The number of nitrogens with zero attached hydrogens (tertiary/aromatic N) is 2. The Kier molecular flexibility index (Phi) is 4.98. The molecular weight excluding hydrogens is 408 g/mol. The second kappa shape index (κ2) is 7.84. The molecule has 5 rings (SSSR count). The molecule has 4 aromatic rings. The predicted octanol–water partition coefficient (Wildman–Crippen LogP) is 5.59. The fourth-order valence-corrected chi connectivity index (χ4v) is 4.12. The number of fused-ring (bicyclic) bond motifs is 2. The molecule has 1 atom stereocenters. The van der Waals surface area contributed by atoms with Crippen LogP contribution in [0.4, 0.5) is 0 Å². The van der Waals surface area contributed by atoms with Crippen LogP contribution in [0.1, 0.15) is 28.4 Å². The summed E-state index contributed by atoms with van der Waals surface area (Å²) in [5.74, 6) is 0.457. The first-order valence-corrected chi connectivity index (χ1v) is 10.5. The molecule has 0 radical (unpaired) electrons. The minimum Gasteiger partial charge on any atom is -0.490 e. The van der Waals surface area contributed by atoms with Crippen LogP contribution in [0, 0.1) is 24.7 Å². The molecule has 162 valence electrons. The van der Waals surface area contributed by atoms with Crippen LogP contribution in [0.15, 0.2) is 52.1 Å². The zero-order valence-corrected chi connectivity index (χ0v) is 18.0. The zero-order chi connectivity index (χ0) is 22.4. The van der Waals surface area contributed by atoms with Gasteiger partial charge in [-0.1, -0.05) is 24.3 Å². The largest absolute Gasteiger partial charge is 0.490 e. The highest BCUT2D eigenvalue weighted by atomic mass is 16.5. The van der Waals surface area contributed by atoms with E-state index in [0.29, 0.717) is 41.3 Å². The Balaban J connectivity index is 1.73. The first kappa shape index (κ1) is 20.3. The first-order chi connectivity index (χ1) is 15.5. The van der Waals surface area contributed by atoms with Crippen LogP contribution in [0.3, 0.4) is 0 Å². The lowest BCUT2D eigenvalue weighted by molar-refractivity contribution is -0.0773. The zero-order valence-electron chi connectivity index (χ0n) is 18.0. The van der Waals surface area contributed by atoms with E-state index < -0.39 is 5.91 Å². The molecule has 0 spiro atoms. The number of carbonyl (C=O) groups is 1. The highest BCUT2D eigenvalue weighted by Crippen LogP contribution is 2.38. The van der Waals surface area contributed by atoms with Gasteiger partial charge in [-0.3, -0.25) is 4.79 Å². The van der Waals surface area contributed by atoms with Crippen LogP contribution >= 0.6 is 0 Å². The summed E-state index contributed by atoms with van der Waals surface area (Å²) in [6.07, 6.45) is -0.112. The van der Waals surface area contributed by atoms with E-state index in [1.807, 2.05) is 57.2 Å². The Morgan fingerprint density at radius 3 is 2.66 bits per heavy atom. The molecule has 1 fully saturated rings. The van der Waals surface area contributed by atoms with Gasteiger partial charge in [0.1, 0.15) is 23.1 Å². The van der Waals surface area contributed by atoms with Crippen molar-refractivity contribution in [2.45, 2.75) is 26.9 Å².